The largest absolute Gasteiger partial charge is 0.494 e. The summed E-state index contributed by atoms with van der Waals surface area (Å²) in [6, 6.07) is 11.8. The summed E-state index contributed by atoms with van der Waals surface area (Å²) in [5.41, 5.74) is 2.83. The first-order valence-electron chi connectivity index (χ1n) is 11.0. The zero-order valence-corrected chi connectivity index (χ0v) is 18.3. The predicted molar refractivity (Wildman–Crippen MR) is 119 cm³/mol. The number of carbonyl (C=O) groups is 2. The highest BCUT2D eigenvalue weighted by Gasteiger charge is 2.28. The van der Waals surface area contributed by atoms with Crippen LogP contribution in [-0.2, 0) is 4.79 Å². The van der Waals surface area contributed by atoms with E-state index < -0.39 is 0 Å². The fourth-order valence-corrected chi connectivity index (χ4v) is 3.96. The second kappa shape index (κ2) is 10.9. The molecule has 1 saturated heterocycles. The summed E-state index contributed by atoms with van der Waals surface area (Å²) in [6.45, 7) is 6.22. The molecule has 5 nitrogen and oxygen atoms in total. The van der Waals surface area contributed by atoms with Gasteiger partial charge in [-0.2, -0.15) is 0 Å². The van der Waals surface area contributed by atoms with Crippen molar-refractivity contribution in [2.45, 2.75) is 39.5 Å². The SMILES string of the molecule is Cc1cc(C)cc(C(=O)N2CCCC(C(=O)NCCCCOc3ccc(F)cc3)C2)c1. The quantitative estimate of drug-likeness (QED) is 0.642. The normalized spacial score (nSPS) is 16.1. The number of halogens is 1. The number of rotatable bonds is 8. The van der Waals surface area contributed by atoms with Crippen molar-refractivity contribution in [3.8, 4) is 5.75 Å². The van der Waals surface area contributed by atoms with Crippen LogP contribution in [0.25, 0.3) is 0 Å². The van der Waals surface area contributed by atoms with Gasteiger partial charge >= 0.3 is 0 Å². The van der Waals surface area contributed by atoms with Gasteiger partial charge in [-0.25, -0.2) is 4.39 Å². The molecule has 1 unspecified atom stereocenters. The molecule has 0 spiro atoms. The smallest absolute Gasteiger partial charge is 0.253 e. The molecule has 0 aromatic heterocycles. The van der Waals surface area contributed by atoms with Crippen LogP contribution in [0.1, 0.15) is 47.2 Å². The molecular weight excluding hydrogens is 395 g/mol. The highest BCUT2D eigenvalue weighted by molar-refractivity contribution is 5.95. The number of carbonyl (C=O) groups excluding carboxylic acids is 2. The molecule has 1 atom stereocenters. The first-order valence-corrected chi connectivity index (χ1v) is 11.0. The highest BCUT2D eigenvalue weighted by Crippen LogP contribution is 2.20. The van der Waals surface area contributed by atoms with Crippen molar-refractivity contribution in [1.29, 1.82) is 0 Å². The fourth-order valence-electron chi connectivity index (χ4n) is 3.96. The van der Waals surface area contributed by atoms with Gasteiger partial charge in [0.15, 0.2) is 0 Å². The summed E-state index contributed by atoms with van der Waals surface area (Å²) in [7, 11) is 0. The van der Waals surface area contributed by atoms with Gasteiger partial charge < -0.3 is 15.0 Å². The molecule has 0 radical (unpaired) electrons. The minimum atomic E-state index is -0.285. The molecule has 31 heavy (non-hydrogen) atoms. The van der Waals surface area contributed by atoms with Crippen molar-refractivity contribution in [1.82, 2.24) is 10.2 Å². The van der Waals surface area contributed by atoms with Crippen LogP contribution in [0.5, 0.6) is 5.75 Å². The van der Waals surface area contributed by atoms with Crippen molar-refractivity contribution in [2.24, 2.45) is 5.92 Å². The number of amides is 2. The third-order valence-corrected chi connectivity index (χ3v) is 5.50. The summed E-state index contributed by atoms with van der Waals surface area (Å²) < 4.78 is 18.4. The maximum atomic E-state index is 12.9. The molecule has 2 amide bonds. The maximum Gasteiger partial charge on any atom is 0.253 e. The second-order valence-corrected chi connectivity index (χ2v) is 8.27. The van der Waals surface area contributed by atoms with E-state index in [4.69, 9.17) is 4.74 Å². The molecule has 1 N–H and O–H groups in total. The topological polar surface area (TPSA) is 58.6 Å². The summed E-state index contributed by atoms with van der Waals surface area (Å²) >= 11 is 0. The van der Waals surface area contributed by atoms with E-state index in [0.717, 1.165) is 36.8 Å². The van der Waals surface area contributed by atoms with Crippen molar-refractivity contribution in [3.63, 3.8) is 0 Å². The first-order chi connectivity index (χ1) is 14.9. The Hall–Kier alpha value is -2.89. The number of nitrogens with zero attached hydrogens (tertiary/aromatic N) is 1. The third kappa shape index (κ3) is 6.81. The highest BCUT2D eigenvalue weighted by atomic mass is 19.1. The van der Waals surface area contributed by atoms with Gasteiger partial charge in [0, 0.05) is 25.2 Å². The van der Waals surface area contributed by atoms with Crippen LogP contribution in [0.15, 0.2) is 42.5 Å². The van der Waals surface area contributed by atoms with Crippen molar-refractivity contribution in [2.75, 3.05) is 26.2 Å². The van der Waals surface area contributed by atoms with Gasteiger partial charge in [0.2, 0.25) is 5.91 Å². The molecule has 6 heteroatoms. The monoisotopic (exact) mass is 426 g/mol. The Morgan fingerprint density at radius 1 is 1.10 bits per heavy atom. The lowest BCUT2D eigenvalue weighted by molar-refractivity contribution is -0.126. The number of likely N-dealkylation sites (tertiary alicyclic amines) is 1. The van der Waals surface area contributed by atoms with E-state index in [1.54, 1.807) is 17.0 Å². The summed E-state index contributed by atoms with van der Waals surface area (Å²) in [4.78, 5) is 27.3. The van der Waals surface area contributed by atoms with Crippen LogP contribution in [0.2, 0.25) is 0 Å². The minimum Gasteiger partial charge on any atom is -0.494 e. The maximum absolute atomic E-state index is 12.9. The Kier molecular flexibility index (Phi) is 8.04. The van der Waals surface area contributed by atoms with E-state index in [9.17, 15) is 14.0 Å². The van der Waals surface area contributed by atoms with E-state index in [0.29, 0.717) is 37.6 Å². The first kappa shape index (κ1) is 22.8. The van der Waals surface area contributed by atoms with Gasteiger partial charge in [-0.05, 0) is 75.9 Å². The number of piperidine rings is 1. The summed E-state index contributed by atoms with van der Waals surface area (Å²) in [6.07, 6.45) is 3.22. The Balaban J connectivity index is 1.39. The van der Waals surface area contributed by atoms with Crippen molar-refractivity contribution >= 4 is 11.8 Å². The van der Waals surface area contributed by atoms with Crippen LogP contribution in [0, 0.1) is 25.6 Å². The molecular formula is C25H31FN2O3. The number of benzene rings is 2. The van der Waals surface area contributed by atoms with Crippen LogP contribution >= 0.6 is 0 Å². The molecule has 1 heterocycles. The molecule has 3 rings (SSSR count). The number of hydrogen-bond donors (Lipinski definition) is 1. The Morgan fingerprint density at radius 3 is 2.52 bits per heavy atom. The summed E-state index contributed by atoms with van der Waals surface area (Å²) in [5.74, 6) is 0.201. The van der Waals surface area contributed by atoms with E-state index >= 15 is 0 Å². The van der Waals surface area contributed by atoms with Crippen molar-refractivity contribution in [3.05, 3.63) is 65.0 Å². The average molecular weight is 427 g/mol. The summed E-state index contributed by atoms with van der Waals surface area (Å²) in [5, 5.41) is 2.99. The van der Waals surface area contributed by atoms with Crippen LogP contribution in [0.4, 0.5) is 4.39 Å². The second-order valence-electron chi connectivity index (χ2n) is 8.27. The zero-order chi connectivity index (χ0) is 22.2. The fraction of sp³-hybridized carbons (Fsp3) is 0.440. The molecule has 0 bridgehead atoms. The van der Waals surface area contributed by atoms with Gasteiger partial charge in [-0.1, -0.05) is 17.2 Å². The average Bonchev–Trinajstić information content (AvgIpc) is 2.76. The van der Waals surface area contributed by atoms with E-state index in [-0.39, 0.29) is 23.5 Å². The van der Waals surface area contributed by atoms with Gasteiger partial charge in [0.05, 0.1) is 12.5 Å². The van der Waals surface area contributed by atoms with E-state index in [2.05, 4.69) is 5.32 Å². The number of hydrogen-bond acceptors (Lipinski definition) is 3. The van der Waals surface area contributed by atoms with Crippen LogP contribution < -0.4 is 10.1 Å². The molecule has 1 fully saturated rings. The molecule has 1 aliphatic heterocycles. The van der Waals surface area contributed by atoms with Crippen LogP contribution in [0.3, 0.4) is 0 Å². The van der Waals surface area contributed by atoms with Gasteiger partial charge in [-0.3, -0.25) is 9.59 Å². The Morgan fingerprint density at radius 2 is 1.81 bits per heavy atom. The lowest BCUT2D eigenvalue weighted by Crippen LogP contribution is -2.45. The molecule has 0 aliphatic carbocycles. The van der Waals surface area contributed by atoms with Crippen LogP contribution in [-0.4, -0.2) is 43.0 Å². The third-order valence-electron chi connectivity index (χ3n) is 5.50. The van der Waals surface area contributed by atoms with E-state index in [1.165, 1.54) is 12.1 Å². The number of unbranched alkanes of at least 4 members (excludes halogenated alkanes) is 1. The molecule has 1 aliphatic rings. The Labute approximate surface area is 183 Å². The van der Waals surface area contributed by atoms with Gasteiger partial charge in [0.25, 0.3) is 5.91 Å². The standard InChI is InChI=1S/C25H31FN2O3/c1-18-14-19(2)16-21(15-18)25(30)28-12-5-6-20(17-28)24(29)27-11-3-4-13-31-23-9-7-22(26)8-10-23/h7-10,14-16,20H,3-6,11-13,17H2,1-2H3,(H,27,29). The molecule has 166 valence electrons. The predicted octanol–water partition coefficient (Wildman–Crippen LogP) is 4.27. The minimum absolute atomic E-state index is 0.00208. The molecule has 2 aromatic carbocycles. The Bertz CT molecular complexity index is 878. The number of ether oxygens (including phenoxy) is 1. The zero-order valence-electron chi connectivity index (χ0n) is 18.3. The molecule has 0 saturated carbocycles. The number of nitrogens with one attached hydrogen (secondary N) is 1. The lowest BCUT2D eigenvalue weighted by Gasteiger charge is -2.32. The van der Waals surface area contributed by atoms with Crippen molar-refractivity contribution < 1.29 is 18.7 Å². The lowest BCUT2D eigenvalue weighted by atomic mass is 9.96. The van der Waals surface area contributed by atoms with Gasteiger partial charge in [0.1, 0.15) is 11.6 Å². The number of aryl methyl sites for hydroxylation is 2. The van der Waals surface area contributed by atoms with E-state index in [1.807, 2.05) is 32.0 Å². The molecule has 2 aromatic rings. The van der Waals surface area contributed by atoms with Gasteiger partial charge in [-0.15, -0.1) is 0 Å².